The van der Waals surface area contributed by atoms with E-state index in [-0.39, 0.29) is 6.17 Å². The third-order valence-electron chi connectivity index (χ3n) is 12.0. The Labute approximate surface area is 346 Å². The van der Waals surface area contributed by atoms with Crippen LogP contribution in [0, 0.1) is 0 Å². The maximum Gasteiger partial charge on any atom is 0.145 e. The number of para-hydroxylation sites is 4. The van der Waals surface area contributed by atoms with Crippen LogP contribution < -0.4 is 5.32 Å². The second-order valence-corrected chi connectivity index (χ2v) is 15.5. The number of benzene rings is 8. The Kier molecular flexibility index (Phi) is 7.85. The zero-order chi connectivity index (χ0) is 39.6. The Balaban J connectivity index is 1.08. The second-order valence-electron chi connectivity index (χ2n) is 15.5. The Morgan fingerprint density at radius 3 is 1.47 bits per heavy atom. The molecule has 1 unspecified atom stereocenters. The summed E-state index contributed by atoms with van der Waals surface area (Å²) in [6.07, 6.45) is 3.81. The van der Waals surface area contributed by atoms with E-state index in [4.69, 9.17) is 9.98 Å². The molecule has 11 aromatic rings. The lowest BCUT2D eigenvalue weighted by Crippen LogP contribution is -2.25. The lowest BCUT2D eigenvalue weighted by atomic mass is 9.99. The highest BCUT2D eigenvalue weighted by Gasteiger charge is 2.23. The SMILES string of the molecule is C1=C(c2ccc(-c3nccc4ccccc34)cc2)NC(c2ccccc2)N=C1c1cc(-n2c3ccccc3c3ccccc32)cc(-n2c3ccccc3c3ccccc32)c1. The summed E-state index contributed by atoms with van der Waals surface area (Å²) in [7, 11) is 0. The van der Waals surface area contributed by atoms with Crippen molar-refractivity contribution in [1.82, 2.24) is 19.4 Å². The summed E-state index contributed by atoms with van der Waals surface area (Å²) in [5, 5.41) is 11.0. The first-order valence-electron chi connectivity index (χ1n) is 20.4. The molecule has 60 heavy (non-hydrogen) atoms. The molecular formula is C55H37N5. The molecule has 8 aromatic carbocycles. The van der Waals surface area contributed by atoms with Crippen molar-refractivity contribution in [1.29, 1.82) is 0 Å². The molecule has 5 nitrogen and oxygen atoms in total. The van der Waals surface area contributed by atoms with Crippen LogP contribution in [0.1, 0.15) is 22.9 Å². The zero-order valence-corrected chi connectivity index (χ0v) is 32.6. The molecule has 0 fully saturated rings. The minimum Gasteiger partial charge on any atom is -0.360 e. The van der Waals surface area contributed by atoms with Crippen LogP contribution in [0.15, 0.2) is 217 Å². The van der Waals surface area contributed by atoms with E-state index in [9.17, 15) is 0 Å². The van der Waals surface area contributed by atoms with Gasteiger partial charge in [0.05, 0.1) is 33.5 Å². The summed E-state index contributed by atoms with van der Waals surface area (Å²) < 4.78 is 4.82. The van der Waals surface area contributed by atoms with Gasteiger partial charge in [0.2, 0.25) is 0 Å². The second kappa shape index (κ2) is 13.8. The Hall–Kier alpha value is -8.02. The van der Waals surface area contributed by atoms with Gasteiger partial charge in [0.25, 0.3) is 0 Å². The van der Waals surface area contributed by atoms with Crippen molar-refractivity contribution in [2.24, 2.45) is 4.99 Å². The van der Waals surface area contributed by atoms with Gasteiger partial charge < -0.3 is 14.5 Å². The zero-order valence-electron chi connectivity index (χ0n) is 32.6. The van der Waals surface area contributed by atoms with Crippen LogP contribution in [0.5, 0.6) is 0 Å². The summed E-state index contributed by atoms with van der Waals surface area (Å²) in [6, 6.07) is 71.6. The van der Waals surface area contributed by atoms with E-state index in [0.29, 0.717) is 0 Å². The van der Waals surface area contributed by atoms with Crippen LogP contribution in [0.4, 0.5) is 0 Å². The van der Waals surface area contributed by atoms with Crippen molar-refractivity contribution in [2.75, 3.05) is 0 Å². The van der Waals surface area contributed by atoms with Crippen LogP contribution in [-0.2, 0) is 0 Å². The van der Waals surface area contributed by atoms with Gasteiger partial charge in [0.15, 0.2) is 0 Å². The molecule has 0 bridgehead atoms. The largest absolute Gasteiger partial charge is 0.360 e. The summed E-state index contributed by atoms with van der Waals surface area (Å²) in [4.78, 5) is 10.3. The van der Waals surface area contributed by atoms with Gasteiger partial charge in [0, 0.05) is 61.3 Å². The van der Waals surface area contributed by atoms with E-state index >= 15 is 0 Å². The number of nitrogens with zero attached hydrogens (tertiary/aromatic N) is 4. The number of hydrogen-bond acceptors (Lipinski definition) is 3. The first-order chi connectivity index (χ1) is 29.7. The smallest absolute Gasteiger partial charge is 0.145 e. The van der Waals surface area contributed by atoms with Gasteiger partial charge in [0.1, 0.15) is 6.17 Å². The van der Waals surface area contributed by atoms with Gasteiger partial charge in [-0.15, -0.1) is 0 Å². The molecule has 1 atom stereocenters. The predicted octanol–water partition coefficient (Wildman–Crippen LogP) is 13.2. The molecule has 0 saturated carbocycles. The van der Waals surface area contributed by atoms with E-state index in [2.05, 4.69) is 221 Å². The number of allylic oxidation sites excluding steroid dienone is 1. The molecule has 1 aliphatic rings. The molecule has 4 heterocycles. The predicted molar refractivity (Wildman–Crippen MR) is 249 cm³/mol. The van der Waals surface area contributed by atoms with Crippen molar-refractivity contribution < 1.29 is 0 Å². The van der Waals surface area contributed by atoms with Crippen LogP contribution in [0.2, 0.25) is 0 Å². The highest BCUT2D eigenvalue weighted by Crippen LogP contribution is 2.37. The van der Waals surface area contributed by atoms with E-state index < -0.39 is 0 Å². The summed E-state index contributed by atoms with van der Waals surface area (Å²) >= 11 is 0. The standard InChI is InChI=1S/C55H37N5/c1-2-15-39(16-3-1)55-57-48(37-26-28-38(29-27-37)54-43-17-5-4-14-36(43)30-31-56-54)35-49(58-55)40-32-41(59-50-22-10-6-18-44(50)45-19-7-11-23-51(45)59)34-42(33-40)60-52-24-12-8-20-46(52)47-21-9-13-25-53(47)60/h1-35,55,57H. The molecule has 0 amide bonds. The number of pyridine rings is 1. The molecule has 12 rings (SSSR count). The average Bonchev–Trinajstić information content (AvgIpc) is 3.85. The normalized spacial score (nSPS) is 14.2. The number of rotatable bonds is 6. The van der Waals surface area contributed by atoms with E-state index in [0.717, 1.165) is 78.2 Å². The topological polar surface area (TPSA) is 47.1 Å². The quantitative estimate of drug-likeness (QED) is 0.183. The summed E-state index contributed by atoms with van der Waals surface area (Å²) in [6.45, 7) is 0. The highest BCUT2D eigenvalue weighted by atomic mass is 15.1. The summed E-state index contributed by atoms with van der Waals surface area (Å²) in [5.41, 5.74) is 14.0. The lowest BCUT2D eigenvalue weighted by Gasteiger charge is -2.25. The van der Waals surface area contributed by atoms with Gasteiger partial charge >= 0.3 is 0 Å². The number of hydrogen-bond donors (Lipinski definition) is 1. The molecule has 0 saturated heterocycles. The average molecular weight is 768 g/mol. The van der Waals surface area contributed by atoms with Crippen LogP contribution in [0.25, 0.3) is 82.7 Å². The fourth-order valence-corrected chi connectivity index (χ4v) is 9.21. The van der Waals surface area contributed by atoms with Gasteiger partial charge in [-0.3, -0.25) is 9.98 Å². The molecule has 5 heteroatoms. The van der Waals surface area contributed by atoms with Crippen LogP contribution >= 0.6 is 0 Å². The maximum atomic E-state index is 5.49. The fourth-order valence-electron chi connectivity index (χ4n) is 9.21. The van der Waals surface area contributed by atoms with Crippen molar-refractivity contribution in [3.63, 3.8) is 0 Å². The Bertz CT molecular complexity index is 3270. The third kappa shape index (κ3) is 5.55. The minimum absolute atomic E-state index is 0.297. The van der Waals surface area contributed by atoms with Crippen molar-refractivity contribution in [2.45, 2.75) is 6.17 Å². The summed E-state index contributed by atoms with van der Waals surface area (Å²) in [5.74, 6) is 0. The van der Waals surface area contributed by atoms with Crippen LogP contribution in [0.3, 0.4) is 0 Å². The number of fused-ring (bicyclic) bond motifs is 7. The molecular weight excluding hydrogens is 731 g/mol. The monoisotopic (exact) mass is 767 g/mol. The van der Waals surface area contributed by atoms with Gasteiger partial charge in [-0.2, -0.15) is 0 Å². The van der Waals surface area contributed by atoms with Gasteiger partial charge in [-0.05, 0) is 71.1 Å². The van der Waals surface area contributed by atoms with E-state index in [1.165, 1.54) is 26.9 Å². The molecule has 1 N–H and O–H groups in total. The first-order valence-corrected chi connectivity index (χ1v) is 20.4. The third-order valence-corrected chi connectivity index (χ3v) is 12.0. The molecule has 3 aromatic heterocycles. The molecule has 0 aliphatic carbocycles. The molecule has 0 radical (unpaired) electrons. The van der Waals surface area contributed by atoms with E-state index in [1.807, 2.05) is 6.20 Å². The van der Waals surface area contributed by atoms with Crippen molar-refractivity contribution in [3.05, 3.63) is 229 Å². The van der Waals surface area contributed by atoms with Crippen LogP contribution in [-0.4, -0.2) is 19.8 Å². The lowest BCUT2D eigenvalue weighted by molar-refractivity contribution is 0.664. The van der Waals surface area contributed by atoms with Crippen molar-refractivity contribution in [3.8, 4) is 22.6 Å². The minimum atomic E-state index is -0.297. The number of nitrogens with one attached hydrogen (secondary N) is 1. The molecule has 282 valence electrons. The number of aromatic nitrogens is 3. The number of aliphatic imine (C=N–C) groups is 1. The van der Waals surface area contributed by atoms with E-state index in [1.54, 1.807) is 0 Å². The first kappa shape index (κ1) is 34.1. The highest BCUT2D eigenvalue weighted by molar-refractivity contribution is 6.15. The molecule has 0 spiro atoms. The van der Waals surface area contributed by atoms with Gasteiger partial charge in [-0.1, -0.05) is 152 Å². The fraction of sp³-hybridized carbons (Fsp3) is 0.0182. The maximum absolute atomic E-state index is 5.49. The molecule has 1 aliphatic heterocycles. The van der Waals surface area contributed by atoms with Gasteiger partial charge in [-0.25, -0.2) is 0 Å². The van der Waals surface area contributed by atoms with Crippen molar-refractivity contribution >= 4 is 65.8 Å². The Morgan fingerprint density at radius 1 is 0.417 bits per heavy atom. The Morgan fingerprint density at radius 2 is 0.900 bits per heavy atom.